The average Bonchev–Trinajstić information content (AvgIpc) is 3.08. The first-order chi connectivity index (χ1) is 10.1. The predicted molar refractivity (Wildman–Crippen MR) is 77.7 cm³/mol. The lowest BCUT2D eigenvalue weighted by molar-refractivity contribution is 0.102. The van der Waals surface area contributed by atoms with Gasteiger partial charge in [0.1, 0.15) is 0 Å². The van der Waals surface area contributed by atoms with E-state index in [2.05, 4.69) is 25.6 Å². The SMILES string of the molecule is Cc1c(C(=O)Nc2cc(-c3ccncc3)[nH]n2)cnn1C. The van der Waals surface area contributed by atoms with Crippen molar-refractivity contribution in [2.24, 2.45) is 7.05 Å². The van der Waals surface area contributed by atoms with Crippen LogP contribution in [0.3, 0.4) is 0 Å². The molecule has 0 radical (unpaired) electrons. The first kappa shape index (κ1) is 13.0. The molecule has 0 aliphatic heterocycles. The number of hydrogen-bond acceptors (Lipinski definition) is 4. The Balaban J connectivity index is 1.79. The van der Waals surface area contributed by atoms with Gasteiger partial charge in [0.25, 0.3) is 5.91 Å². The molecular formula is C14H14N6O. The van der Waals surface area contributed by atoms with E-state index in [4.69, 9.17) is 0 Å². The maximum absolute atomic E-state index is 12.2. The van der Waals surface area contributed by atoms with Crippen LogP contribution < -0.4 is 5.32 Å². The average molecular weight is 282 g/mol. The molecule has 7 heteroatoms. The Kier molecular flexibility index (Phi) is 3.23. The van der Waals surface area contributed by atoms with Crippen LogP contribution in [0.1, 0.15) is 16.1 Å². The minimum absolute atomic E-state index is 0.228. The number of H-pyrrole nitrogens is 1. The number of amides is 1. The van der Waals surface area contributed by atoms with Crippen LogP contribution in [0.25, 0.3) is 11.3 Å². The second-order valence-corrected chi connectivity index (χ2v) is 4.62. The van der Waals surface area contributed by atoms with Crippen molar-refractivity contribution in [3.05, 3.63) is 48.0 Å². The van der Waals surface area contributed by atoms with E-state index in [9.17, 15) is 4.79 Å². The number of aromatic nitrogens is 5. The van der Waals surface area contributed by atoms with Crippen LogP contribution >= 0.6 is 0 Å². The van der Waals surface area contributed by atoms with Crippen molar-refractivity contribution in [2.45, 2.75) is 6.92 Å². The molecule has 0 aliphatic carbocycles. The Hall–Kier alpha value is -2.96. The van der Waals surface area contributed by atoms with Crippen molar-refractivity contribution < 1.29 is 4.79 Å². The van der Waals surface area contributed by atoms with Crippen LogP contribution in [0.4, 0.5) is 5.82 Å². The van der Waals surface area contributed by atoms with Gasteiger partial charge >= 0.3 is 0 Å². The first-order valence-electron chi connectivity index (χ1n) is 6.41. The molecule has 0 saturated heterocycles. The molecule has 0 spiro atoms. The lowest BCUT2D eigenvalue weighted by atomic mass is 10.2. The fourth-order valence-electron chi connectivity index (χ4n) is 1.97. The van der Waals surface area contributed by atoms with Gasteiger partial charge in [-0.25, -0.2) is 0 Å². The molecule has 0 aliphatic rings. The minimum atomic E-state index is -0.228. The number of hydrogen-bond donors (Lipinski definition) is 2. The van der Waals surface area contributed by atoms with E-state index in [-0.39, 0.29) is 5.91 Å². The minimum Gasteiger partial charge on any atom is -0.305 e. The summed E-state index contributed by atoms with van der Waals surface area (Å²) in [5.41, 5.74) is 3.11. The van der Waals surface area contributed by atoms with Crippen LogP contribution in [0.2, 0.25) is 0 Å². The fraction of sp³-hybridized carbons (Fsp3) is 0.143. The Morgan fingerprint density at radius 1 is 1.33 bits per heavy atom. The molecular weight excluding hydrogens is 268 g/mol. The summed E-state index contributed by atoms with van der Waals surface area (Å²) in [5.74, 6) is 0.239. The van der Waals surface area contributed by atoms with Crippen LogP contribution in [-0.2, 0) is 7.05 Å². The molecule has 106 valence electrons. The van der Waals surface area contributed by atoms with Gasteiger partial charge in [0.05, 0.1) is 17.5 Å². The van der Waals surface area contributed by atoms with E-state index < -0.39 is 0 Å². The van der Waals surface area contributed by atoms with Gasteiger partial charge in [-0.3, -0.25) is 19.6 Å². The van der Waals surface area contributed by atoms with Gasteiger partial charge in [0.2, 0.25) is 0 Å². The molecule has 0 aromatic carbocycles. The number of aryl methyl sites for hydroxylation is 1. The van der Waals surface area contributed by atoms with Crippen LogP contribution in [0.15, 0.2) is 36.8 Å². The normalized spacial score (nSPS) is 10.6. The molecule has 0 bridgehead atoms. The summed E-state index contributed by atoms with van der Waals surface area (Å²) in [5, 5.41) is 13.8. The quantitative estimate of drug-likeness (QED) is 0.766. The Labute approximate surface area is 121 Å². The second kappa shape index (κ2) is 5.20. The molecule has 1 amide bonds. The molecule has 3 heterocycles. The van der Waals surface area contributed by atoms with Crippen molar-refractivity contribution in [1.29, 1.82) is 0 Å². The van der Waals surface area contributed by atoms with Crippen molar-refractivity contribution in [3.8, 4) is 11.3 Å². The summed E-state index contributed by atoms with van der Waals surface area (Å²) in [6, 6.07) is 5.51. The smallest absolute Gasteiger partial charge is 0.260 e. The van der Waals surface area contributed by atoms with Crippen LogP contribution in [0, 0.1) is 6.92 Å². The molecule has 2 N–H and O–H groups in total. The standard InChI is InChI=1S/C14H14N6O/c1-9-11(8-16-20(9)2)14(21)17-13-7-12(18-19-13)10-3-5-15-6-4-10/h3-8H,1-2H3,(H2,17,18,19,21). The van der Waals surface area contributed by atoms with Gasteiger partial charge < -0.3 is 5.32 Å². The van der Waals surface area contributed by atoms with E-state index in [1.165, 1.54) is 0 Å². The molecule has 0 saturated carbocycles. The van der Waals surface area contributed by atoms with Crippen LogP contribution in [0.5, 0.6) is 0 Å². The number of rotatable bonds is 3. The molecule has 0 fully saturated rings. The largest absolute Gasteiger partial charge is 0.305 e. The number of carbonyl (C=O) groups excluding carboxylic acids is 1. The zero-order valence-electron chi connectivity index (χ0n) is 11.7. The fourth-order valence-corrected chi connectivity index (χ4v) is 1.97. The summed E-state index contributed by atoms with van der Waals surface area (Å²) < 4.78 is 1.65. The maximum Gasteiger partial charge on any atom is 0.260 e. The number of anilines is 1. The van der Waals surface area contributed by atoms with Crippen molar-refractivity contribution >= 4 is 11.7 Å². The highest BCUT2D eigenvalue weighted by Crippen LogP contribution is 2.19. The third-order valence-corrected chi connectivity index (χ3v) is 3.29. The van der Waals surface area contributed by atoms with Gasteiger partial charge in [0.15, 0.2) is 5.82 Å². The highest BCUT2D eigenvalue weighted by Gasteiger charge is 2.14. The van der Waals surface area contributed by atoms with Crippen molar-refractivity contribution in [1.82, 2.24) is 25.0 Å². The van der Waals surface area contributed by atoms with Crippen molar-refractivity contribution in [2.75, 3.05) is 5.32 Å². The zero-order valence-corrected chi connectivity index (χ0v) is 11.7. The van der Waals surface area contributed by atoms with E-state index in [1.54, 1.807) is 36.4 Å². The van der Waals surface area contributed by atoms with Gasteiger partial charge in [-0.15, -0.1) is 0 Å². The highest BCUT2D eigenvalue weighted by atomic mass is 16.1. The molecule has 3 rings (SSSR count). The molecule has 21 heavy (non-hydrogen) atoms. The Morgan fingerprint density at radius 3 is 2.76 bits per heavy atom. The maximum atomic E-state index is 12.2. The van der Waals surface area contributed by atoms with E-state index in [1.807, 2.05) is 19.1 Å². The van der Waals surface area contributed by atoms with Gasteiger partial charge in [0, 0.05) is 36.8 Å². The molecule has 0 unspecified atom stereocenters. The van der Waals surface area contributed by atoms with E-state index in [0.717, 1.165) is 17.0 Å². The Morgan fingerprint density at radius 2 is 2.10 bits per heavy atom. The summed E-state index contributed by atoms with van der Waals surface area (Å²) >= 11 is 0. The third kappa shape index (κ3) is 2.53. The highest BCUT2D eigenvalue weighted by molar-refractivity contribution is 6.04. The summed E-state index contributed by atoms with van der Waals surface area (Å²) in [6.45, 7) is 1.84. The van der Waals surface area contributed by atoms with Gasteiger partial charge in [-0.2, -0.15) is 10.2 Å². The van der Waals surface area contributed by atoms with E-state index >= 15 is 0 Å². The topological polar surface area (TPSA) is 88.5 Å². The number of pyridine rings is 1. The molecule has 0 atom stereocenters. The zero-order chi connectivity index (χ0) is 14.8. The van der Waals surface area contributed by atoms with Gasteiger partial charge in [-0.1, -0.05) is 0 Å². The van der Waals surface area contributed by atoms with Crippen molar-refractivity contribution in [3.63, 3.8) is 0 Å². The predicted octanol–water partition coefficient (Wildman–Crippen LogP) is 1.77. The lowest BCUT2D eigenvalue weighted by Crippen LogP contribution is -2.13. The number of aromatic amines is 1. The summed E-state index contributed by atoms with van der Waals surface area (Å²) in [6.07, 6.45) is 4.95. The Bertz CT molecular complexity index is 774. The first-order valence-corrected chi connectivity index (χ1v) is 6.41. The monoisotopic (exact) mass is 282 g/mol. The van der Waals surface area contributed by atoms with Crippen LogP contribution in [-0.4, -0.2) is 30.9 Å². The number of nitrogens with zero attached hydrogens (tertiary/aromatic N) is 4. The second-order valence-electron chi connectivity index (χ2n) is 4.62. The lowest BCUT2D eigenvalue weighted by Gasteiger charge is -2.00. The molecule has 7 nitrogen and oxygen atoms in total. The number of nitrogens with one attached hydrogen (secondary N) is 2. The summed E-state index contributed by atoms with van der Waals surface area (Å²) in [7, 11) is 1.79. The van der Waals surface area contributed by atoms with Gasteiger partial charge in [-0.05, 0) is 19.1 Å². The molecule has 3 aromatic heterocycles. The third-order valence-electron chi connectivity index (χ3n) is 3.29. The summed E-state index contributed by atoms with van der Waals surface area (Å²) in [4.78, 5) is 16.1. The molecule has 3 aromatic rings. The van der Waals surface area contributed by atoms with E-state index in [0.29, 0.717) is 11.4 Å². The number of carbonyl (C=O) groups is 1.